The minimum atomic E-state index is -0.345. The molecule has 0 bridgehead atoms. The van der Waals surface area contributed by atoms with Gasteiger partial charge < -0.3 is 14.5 Å². The molecule has 0 saturated heterocycles. The van der Waals surface area contributed by atoms with Crippen molar-refractivity contribution in [2.75, 3.05) is 0 Å². The summed E-state index contributed by atoms with van der Waals surface area (Å²) in [5.74, 6) is 0.718. The fraction of sp³-hybridized carbons (Fsp3) is 0.105. The number of ether oxygens (including phenoxy) is 1. The molecule has 0 aliphatic carbocycles. The SMILES string of the molecule is O=C(NCc1ccc(F)cc1)c1ccc(COc2ccc(Cl)cc2)o1. The zero-order valence-electron chi connectivity index (χ0n) is 13.2. The normalized spacial score (nSPS) is 10.5. The van der Waals surface area contributed by atoms with Crippen molar-refractivity contribution < 1.29 is 18.3 Å². The van der Waals surface area contributed by atoms with Gasteiger partial charge in [-0.2, -0.15) is 0 Å². The van der Waals surface area contributed by atoms with Crippen molar-refractivity contribution in [3.05, 3.63) is 88.6 Å². The number of carbonyl (C=O) groups is 1. The van der Waals surface area contributed by atoms with Crippen LogP contribution in [0.2, 0.25) is 5.02 Å². The molecule has 2 aromatic carbocycles. The first-order chi connectivity index (χ1) is 12.1. The van der Waals surface area contributed by atoms with Gasteiger partial charge in [0.2, 0.25) is 0 Å². The Morgan fingerprint density at radius 3 is 2.48 bits per heavy atom. The highest BCUT2D eigenvalue weighted by atomic mass is 35.5. The van der Waals surface area contributed by atoms with Crippen LogP contribution in [0.25, 0.3) is 0 Å². The van der Waals surface area contributed by atoms with Crippen LogP contribution >= 0.6 is 11.6 Å². The summed E-state index contributed by atoms with van der Waals surface area (Å²) in [5, 5.41) is 3.35. The zero-order chi connectivity index (χ0) is 17.6. The van der Waals surface area contributed by atoms with Gasteiger partial charge in [-0.05, 0) is 54.1 Å². The second-order valence-corrected chi connectivity index (χ2v) is 5.75. The maximum atomic E-state index is 12.8. The summed E-state index contributed by atoms with van der Waals surface area (Å²) in [7, 11) is 0. The monoisotopic (exact) mass is 359 g/mol. The smallest absolute Gasteiger partial charge is 0.287 e. The lowest BCUT2D eigenvalue weighted by atomic mass is 10.2. The number of nitrogens with one attached hydrogen (secondary N) is 1. The predicted molar refractivity (Wildman–Crippen MR) is 92.1 cm³/mol. The lowest BCUT2D eigenvalue weighted by Gasteiger charge is -2.05. The van der Waals surface area contributed by atoms with Gasteiger partial charge in [0, 0.05) is 11.6 Å². The number of halogens is 2. The molecule has 0 atom stereocenters. The predicted octanol–water partition coefficient (Wildman–Crippen LogP) is 4.58. The molecule has 1 heterocycles. The van der Waals surface area contributed by atoms with Gasteiger partial charge in [0.25, 0.3) is 5.91 Å². The van der Waals surface area contributed by atoms with Gasteiger partial charge in [-0.1, -0.05) is 23.7 Å². The molecular weight excluding hydrogens is 345 g/mol. The average Bonchev–Trinajstić information content (AvgIpc) is 3.10. The Morgan fingerprint density at radius 1 is 1.04 bits per heavy atom. The molecule has 1 amide bonds. The topological polar surface area (TPSA) is 51.5 Å². The van der Waals surface area contributed by atoms with E-state index in [1.54, 1.807) is 48.5 Å². The van der Waals surface area contributed by atoms with E-state index in [9.17, 15) is 9.18 Å². The van der Waals surface area contributed by atoms with E-state index < -0.39 is 0 Å². The van der Waals surface area contributed by atoms with Crippen LogP contribution in [-0.2, 0) is 13.2 Å². The van der Waals surface area contributed by atoms with Gasteiger partial charge in [-0.25, -0.2) is 4.39 Å². The molecule has 0 radical (unpaired) electrons. The first-order valence-corrected chi connectivity index (χ1v) is 7.98. The van der Waals surface area contributed by atoms with Crippen LogP contribution in [-0.4, -0.2) is 5.91 Å². The molecule has 0 unspecified atom stereocenters. The van der Waals surface area contributed by atoms with Crippen LogP contribution in [0.15, 0.2) is 65.1 Å². The summed E-state index contributed by atoms with van der Waals surface area (Å²) < 4.78 is 23.9. The fourth-order valence-corrected chi connectivity index (χ4v) is 2.26. The first-order valence-electron chi connectivity index (χ1n) is 7.60. The summed E-state index contributed by atoms with van der Waals surface area (Å²) in [4.78, 5) is 12.1. The van der Waals surface area contributed by atoms with Crippen LogP contribution in [0.3, 0.4) is 0 Å². The van der Waals surface area contributed by atoms with Crippen molar-refractivity contribution in [1.29, 1.82) is 0 Å². The molecule has 0 aliphatic rings. The number of carbonyl (C=O) groups excluding carboxylic acids is 1. The molecule has 4 nitrogen and oxygen atoms in total. The minimum Gasteiger partial charge on any atom is -0.486 e. The van der Waals surface area contributed by atoms with Gasteiger partial charge in [0.15, 0.2) is 5.76 Å². The number of furan rings is 1. The summed E-state index contributed by atoms with van der Waals surface area (Å²) in [6.07, 6.45) is 0. The average molecular weight is 360 g/mol. The first kappa shape index (κ1) is 17.0. The summed E-state index contributed by atoms with van der Waals surface area (Å²) in [6, 6.07) is 16.2. The standard InChI is InChI=1S/C19H15ClFNO3/c20-14-3-7-16(8-4-14)24-12-17-9-10-18(25-17)19(23)22-11-13-1-5-15(21)6-2-13/h1-10H,11-12H2,(H,22,23). The Bertz CT molecular complexity index is 844. The van der Waals surface area contributed by atoms with E-state index in [4.69, 9.17) is 20.8 Å². The Labute approximate surface area is 149 Å². The third-order valence-corrected chi connectivity index (χ3v) is 3.70. The molecule has 0 saturated carbocycles. The van der Waals surface area contributed by atoms with Crippen molar-refractivity contribution in [3.63, 3.8) is 0 Å². The van der Waals surface area contributed by atoms with E-state index in [1.165, 1.54) is 12.1 Å². The van der Waals surface area contributed by atoms with Gasteiger partial charge in [0.1, 0.15) is 23.9 Å². The highest BCUT2D eigenvalue weighted by Crippen LogP contribution is 2.17. The van der Waals surface area contributed by atoms with Crippen LogP contribution < -0.4 is 10.1 Å². The molecule has 3 rings (SSSR count). The second kappa shape index (κ2) is 7.85. The van der Waals surface area contributed by atoms with Crippen molar-refractivity contribution in [3.8, 4) is 5.75 Å². The van der Waals surface area contributed by atoms with E-state index >= 15 is 0 Å². The largest absolute Gasteiger partial charge is 0.486 e. The molecule has 0 aliphatic heterocycles. The minimum absolute atomic E-state index is 0.191. The van der Waals surface area contributed by atoms with Crippen molar-refractivity contribution in [2.45, 2.75) is 13.2 Å². The Morgan fingerprint density at radius 2 is 1.76 bits per heavy atom. The van der Waals surface area contributed by atoms with E-state index in [1.807, 2.05) is 0 Å². The molecule has 1 N–H and O–H groups in total. The number of rotatable bonds is 6. The van der Waals surface area contributed by atoms with Gasteiger partial charge in [0.05, 0.1) is 0 Å². The Balaban J connectivity index is 1.52. The van der Waals surface area contributed by atoms with Gasteiger partial charge in [-0.15, -0.1) is 0 Å². The Kier molecular flexibility index (Phi) is 5.36. The van der Waals surface area contributed by atoms with Crippen LogP contribution in [0.5, 0.6) is 5.75 Å². The van der Waals surface area contributed by atoms with Crippen molar-refractivity contribution in [2.24, 2.45) is 0 Å². The number of hydrogen-bond acceptors (Lipinski definition) is 3. The number of benzene rings is 2. The second-order valence-electron chi connectivity index (χ2n) is 5.32. The quantitative estimate of drug-likeness (QED) is 0.700. The maximum absolute atomic E-state index is 12.8. The number of amides is 1. The van der Waals surface area contributed by atoms with Crippen LogP contribution in [0.1, 0.15) is 21.9 Å². The third-order valence-electron chi connectivity index (χ3n) is 3.45. The molecule has 25 heavy (non-hydrogen) atoms. The maximum Gasteiger partial charge on any atom is 0.287 e. The highest BCUT2D eigenvalue weighted by Gasteiger charge is 2.11. The van der Waals surface area contributed by atoms with Crippen molar-refractivity contribution in [1.82, 2.24) is 5.32 Å². The number of hydrogen-bond donors (Lipinski definition) is 1. The highest BCUT2D eigenvalue weighted by molar-refractivity contribution is 6.30. The molecule has 6 heteroatoms. The van der Waals surface area contributed by atoms with Gasteiger partial charge >= 0.3 is 0 Å². The third kappa shape index (κ3) is 4.84. The van der Waals surface area contributed by atoms with E-state index in [2.05, 4.69) is 5.32 Å². The molecule has 3 aromatic rings. The van der Waals surface area contributed by atoms with Crippen LogP contribution in [0.4, 0.5) is 4.39 Å². The van der Waals surface area contributed by atoms with E-state index in [0.717, 1.165) is 5.56 Å². The van der Waals surface area contributed by atoms with E-state index in [-0.39, 0.29) is 30.6 Å². The molecular formula is C19H15ClFNO3. The summed E-state index contributed by atoms with van der Waals surface area (Å²) >= 11 is 5.81. The molecule has 1 aromatic heterocycles. The molecule has 0 spiro atoms. The van der Waals surface area contributed by atoms with Crippen molar-refractivity contribution >= 4 is 17.5 Å². The van der Waals surface area contributed by atoms with Crippen LogP contribution in [0, 0.1) is 5.82 Å². The molecule has 128 valence electrons. The fourth-order valence-electron chi connectivity index (χ4n) is 2.13. The Hall–Kier alpha value is -2.79. The summed E-state index contributed by atoms with van der Waals surface area (Å²) in [6.45, 7) is 0.489. The zero-order valence-corrected chi connectivity index (χ0v) is 13.9. The van der Waals surface area contributed by atoms with E-state index in [0.29, 0.717) is 16.5 Å². The van der Waals surface area contributed by atoms with Gasteiger partial charge in [-0.3, -0.25) is 4.79 Å². The summed E-state index contributed by atoms with van der Waals surface area (Å²) in [5.41, 5.74) is 0.799. The molecule has 0 fully saturated rings. The lowest BCUT2D eigenvalue weighted by Crippen LogP contribution is -2.22. The lowest BCUT2D eigenvalue weighted by molar-refractivity contribution is 0.0919.